The molecular weight excluding hydrogens is 376 g/mol. The number of ketones is 1. The molecule has 1 aliphatic heterocycles. The third-order valence-electron chi connectivity index (χ3n) is 5.96. The maximum absolute atomic E-state index is 13.3. The molecule has 160 valence electrons. The van der Waals surface area contributed by atoms with Gasteiger partial charge in [0.25, 0.3) is 0 Å². The molecule has 0 spiro atoms. The van der Waals surface area contributed by atoms with Crippen molar-refractivity contribution in [2.75, 3.05) is 13.6 Å². The summed E-state index contributed by atoms with van der Waals surface area (Å²) in [7, 11) is 1.77. The number of hydrogen-bond donors (Lipinski definition) is 1. The van der Waals surface area contributed by atoms with Gasteiger partial charge >= 0.3 is 0 Å². The van der Waals surface area contributed by atoms with Crippen LogP contribution in [-0.2, 0) is 9.59 Å². The predicted molar refractivity (Wildman–Crippen MR) is 119 cm³/mol. The highest BCUT2D eigenvalue weighted by molar-refractivity contribution is 5.89. The van der Waals surface area contributed by atoms with Crippen LogP contribution in [0.3, 0.4) is 0 Å². The summed E-state index contributed by atoms with van der Waals surface area (Å²) < 4.78 is 5.98. The molecule has 1 fully saturated rings. The van der Waals surface area contributed by atoms with Gasteiger partial charge in [0, 0.05) is 18.9 Å². The fourth-order valence-electron chi connectivity index (χ4n) is 4.01. The zero-order chi connectivity index (χ0) is 21.5. The minimum absolute atomic E-state index is 0.0303. The predicted octanol–water partition coefficient (Wildman–Crippen LogP) is 4.74. The number of likely N-dealkylation sites (N-methyl/N-ethyl adjacent to an activating group) is 1. The number of Topliss-reactive ketones (excluding diaryl/α,β-unsaturated/α-hetero) is 1. The first-order chi connectivity index (χ1) is 14.5. The maximum Gasteiger partial charge on any atom is 0.226 e. The molecule has 5 heteroatoms. The van der Waals surface area contributed by atoms with Gasteiger partial charge in [-0.05, 0) is 63.1 Å². The smallest absolute Gasteiger partial charge is 0.226 e. The molecule has 0 unspecified atom stereocenters. The van der Waals surface area contributed by atoms with Crippen LogP contribution >= 0.6 is 0 Å². The molecule has 1 N–H and O–H groups in total. The normalized spacial score (nSPS) is 18.1. The zero-order valence-electron chi connectivity index (χ0n) is 18.1. The Bertz CT molecular complexity index is 852. The summed E-state index contributed by atoms with van der Waals surface area (Å²) in [5, 5.41) is 2.98. The summed E-state index contributed by atoms with van der Waals surface area (Å²) in [6.45, 7) is 4.56. The van der Waals surface area contributed by atoms with Gasteiger partial charge < -0.3 is 15.0 Å². The molecule has 0 bridgehead atoms. The van der Waals surface area contributed by atoms with Gasteiger partial charge in [0.15, 0.2) is 0 Å². The van der Waals surface area contributed by atoms with E-state index in [-0.39, 0.29) is 36.1 Å². The minimum Gasteiger partial charge on any atom is -0.457 e. The average Bonchev–Trinajstić information content (AvgIpc) is 3.27. The summed E-state index contributed by atoms with van der Waals surface area (Å²) >= 11 is 0. The number of nitrogens with one attached hydrogen (secondary N) is 1. The summed E-state index contributed by atoms with van der Waals surface area (Å²) in [5.41, 5.74) is 1.08. The van der Waals surface area contributed by atoms with Crippen LogP contribution in [0.5, 0.6) is 11.5 Å². The number of carbonyl (C=O) groups excluding carboxylic acids is 2. The van der Waals surface area contributed by atoms with Gasteiger partial charge in [0.2, 0.25) is 5.91 Å². The Morgan fingerprint density at radius 3 is 2.57 bits per heavy atom. The van der Waals surface area contributed by atoms with Crippen molar-refractivity contribution in [1.82, 2.24) is 10.2 Å². The second-order valence-electron chi connectivity index (χ2n) is 7.96. The lowest BCUT2D eigenvalue weighted by atomic mass is 9.94. The van der Waals surface area contributed by atoms with Crippen molar-refractivity contribution in [3.63, 3.8) is 0 Å². The van der Waals surface area contributed by atoms with Crippen LogP contribution in [0.1, 0.15) is 51.1 Å². The van der Waals surface area contributed by atoms with Crippen LogP contribution in [0.4, 0.5) is 0 Å². The van der Waals surface area contributed by atoms with Crippen molar-refractivity contribution >= 4 is 11.7 Å². The second-order valence-corrected chi connectivity index (χ2v) is 7.96. The lowest BCUT2D eigenvalue weighted by Gasteiger charge is -2.29. The molecule has 2 aromatic carbocycles. The highest BCUT2D eigenvalue weighted by atomic mass is 16.5. The van der Waals surface area contributed by atoms with Gasteiger partial charge in [-0.25, -0.2) is 0 Å². The third-order valence-corrected chi connectivity index (χ3v) is 5.96. The molecule has 0 saturated carbocycles. The number of ether oxygens (including phenoxy) is 1. The summed E-state index contributed by atoms with van der Waals surface area (Å²) in [4.78, 5) is 27.7. The van der Waals surface area contributed by atoms with E-state index >= 15 is 0 Å². The van der Waals surface area contributed by atoms with Gasteiger partial charge in [0.1, 0.15) is 17.3 Å². The Morgan fingerprint density at radius 2 is 1.87 bits per heavy atom. The van der Waals surface area contributed by atoms with E-state index in [2.05, 4.69) is 11.4 Å². The molecule has 5 nitrogen and oxygen atoms in total. The Hall–Kier alpha value is -2.66. The van der Waals surface area contributed by atoms with E-state index in [0.717, 1.165) is 36.4 Å². The summed E-state index contributed by atoms with van der Waals surface area (Å²) in [5.74, 6) is 1.47. The van der Waals surface area contributed by atoms with Gasteiger partial charge in [0.05, 0.1) is 12.1 Å². The Balaban J connectivity index is 1.74. The molecule has 0 aliphatic carbocycles. The molecular formula is C25H32N2O3. The van der Waals surface area contributed by atoms with Crippen LogP contribution in [0.2, 0.25) is 0 Å². The number of benzene rings is 2. The van der Waals surface area contributed by atoms with E-state index in [1.807, 2.05) is 67.3 Å². The van der Waals surface area contributed by atoms with Gasteiger partial charge in [-0.1, -0.05) is 37.3 Å². The molecule has 30 heavy (non-hydrogen) atoms. The van der Waals surface area contributed by atoms with Crippen LogP contribution in [-0.4, -0.2) is 36.2 Å². The van der Waals surface area contributed by atoms with Crippen LogP contribution in [0.15, 0.2) is 54.6 Å². The van der Waals surface area contributed by atoms with E-state index in [9.17, 15) is 9.59 Å². The van der Waals surface area contributed by atoms with Gasteiger partial charge in [-0.2, -0.15) is 0 Å². The molecule has 1 aliphatic rings. The van der Waals surface area contributed by atoms with E-state index in [1.54, 1.807) is 7.05 Å². The lowest BCUT2D eigenvalue weighted by molar-refractivity contribution is -0.139. The molecule has 1 saturated heterocycles. The number of nitrogens with zero attached hydrogens (tertiary/aromatic N) is 1. The average molecular weight is 409 g/mol. The molecule has 1 amide bonds. The van der Waals surface area contributed by atoms with Crippen LogP contribution < -0.4 is 10.1 Å². The fraction of sp³-hybridized carbons (Fsp3) is 0.440. The molecule has 0 aromatic heterocycles. The first-order valence-electron chi connectivity index (χ1n) is 10.9. The molecule has 0 radical (unpaired) electrons. The van der Waals surface area contributed by atoms with Gasteiger partial charge in [-0.15, -0.1) is 0 Å². The minimum atomic E-state index is -0.266. The number of amides is 1. The molecule has 3 rings (SSSR count). The van der Waals surface area contributed by atoms with Crippen molar-refractivity contribution < 1.29 is 14.3 Å². The van der Waals surface area contributed by atoms with Crippen LogP contribution in [0, 0.1) is 5.92 Å². The maximum atomic E-state index is 13.3. The van der Waals surface area contributed by atoms with Crippen molar-refractivity contribution in [1.29, 1.82) is 0 Å². The number of likely N-dealkylation sites (tertiary alicyclic amines) is 1. The fourth-order valence-corrected chi connectivity index (χ4v) is 4.01. The lowest BCUT2D eigenvalue weighted by Crippen LogP contribution is -2.39. The number of hydrogen-bond acceptors (Lipinski definition) is 4. The van der Waals surface area contributed by atoms with E-state index in [4.69, 9.17) is 4.74 Å². The van der Waals surface area contributed by atoms with Crippen molar-refractivity contribution in [3.05, 3.63) is 60.2 Å². The van der Waals surface area contributed by atoms with E-state index in [1.165, 1.54) is 0 Å². The highest BCUT2D eigenvalue weighted by Gasteiger charge is 2.34. The molecule has 3 atom stereocenters. The number of rotatable bonds is 9. The first kappa shape index (κ1) is 22.0. The Kier molecular flexibility index (Phi) is 7.63. The monoisotopic (exact) mass is 408 g/mol. The number of carbonyl (C=O) groups is 2. The SMILES string of the molecule is CC[C@H](CC(=O)[C@H](C)NC)C(=O)N1CCC[C@H]1c1cccc(Oc2ccccc2)c1. The molecule has 1 heterocycles. The largest absolute Gasteiger partial charge is 0.457 e. The van der Waals surface area contributed by atoms with Gasteiger partial charge in [-0.3, -0.25) is 9.59 Å². The summed E-state index contributed by atoms with van der Waals surface area (Å²) in [6, 6.07) is 17.5. The topological polar surface area (TPSA) is 58.6 Å². The van der Waals surface area contributed by atoms with E-state index < -0.39 is 0 Å². The third kappa shape index (κ3) is 5.28. The van der Waals surface area contributed by atoms with Crippen molar-refractivity contribution in [2.45, 2.75) is 51.6 Å². The summed E-state index contributed by atoms with van der Waals surface area (Å²) in [6.07, 6.45) is 2.86. The highest BCUT2D eigenvalue weighted by Crippen LogP contribution is 2.36. The first-order valence-corrected chi connectivity index (χ1v) is 10.9. The second kappa shape index (κ2) is 10.4. The Morgan fingerprint density at radius 1 is 1.13 bits per heavy atom. The zero-order valence-corrected chi connectivity index (χ0v) is 18.1. The molecule has 2 aromatic rings. The number of para-hydroxylation sites is 1. The quantitative estimate of drug-likeness (QED) is 0.651. The van der Waals surface area contributed by atoms with Crippen molar-refractivity contribution in [2.24, 2.45) is 5.92 Å². The van der Waals surface area contributed by atoms with Crippen LogP contribution in [0.25, 0.3) is 0 Å². The Labute approximate surface area is 179 Å². The van der Waals surface area contributed by atoms with E-state index in [0.29, 0.717) is 6.42 Å². The van der Waals surface area contributed by atoms with Crippen molar-refractivity contribution in [3.8, 4) is 11.5 Å². The standard InChI is InChI=1S/C25H32N2O3/c1-4-19(17-24(28)18(2)26-3)25(29)27-15-9-14-23(27)20-10-8-13-22(16-20)30-21-11-6-5-7-12-21/h5-8,10-13,16,18-19,23,26H,4,9,14-15,17H2,1-3H3/t18-,19+,23-/m0/s1.